The molecule has 1 aliphatic rings. The van der Waals surface area contributed by atoms with E-state index in [-0.39, 0.29) is 30.3 Å². The highest BCUT2D eigenvalue weighted by Crippen LogP contribution is 2.33. The van der Waals surface area contributed by atoms with Gasteiger partial charge in [-0.3, -0.25) is 4.79 Å². The molecule has 1 aromatic carbocycles. The number of para-hydroxylation sites is 1. The van der Waals surface area contributed by atoms with Crippen LogP contribution in [0.15, 0.2) is 24.3 Å². The van der Waals surface area contributed by atoms with Gasteiger partial charge in [-0.25, -0.2) is 0 Å². The Hall–Kier alpha value is -1.26. The molecular weight excluding hydrogens is 360 g/mol. The van der Waals surface area contributed by atoms with Gasteiger partial charge in [0, 0.05) is 18.3 Å². The number of carbonyl (C=O) groups excluding carboxylic acids is 1. The van der Waals surface area contributed by atoms with Crippen molar-refractivity contribution in [3.63, 3.8) is 0 Å². The molecular formula is C22H37ClN2O2. The lowest BCUT2D eigenvalue weighted by molar-refractivity contribution is -0.163. The fraction of sp³-hybridized carbons (Fsp3) is 0.682. The van der Waals surface area contributed by atoms with E-state index in [2.05, 4.69) is 30.4 Å². The summed E-state index contributed by atoms with van der Waals surface area (Å²) >= 11 is 0. The lowest BCUT2D eigenvalue weighted by atomic mass is 9.76. The second-order valence-electron chi connectivity index (χ2n) is 8.51. The van der Waals surface area contributed by atoms with E-state index in [0.717, 1.165) is 24.9 Å². The number of anilines is 1. The van der Waals surface area contributed by atoms with Crippen molar-refractivity contribution in [1.82, 2.24) is 0 Å². The van der Waals surface area contributed by atoms with E-state index in [0.29, 0.717) is 12.5 Å². The number of esters is 1. The average Bonchev–Trinajstić information content (AvgIpc) is 2.59. The zero-order valence-corrected chi connectivity index (χ0v) is 18.1. The molecule has 27 heavy (non-hydrogen) atoms. The van der Waals surface area contributed by atoms with Crippen LogP contribution in [0.5, 0.6) is 0 Å². The Morgan fingerprint density at radius 2 is 1.85 bits per heavy atom. The van der Waals surface area contributed by atoms with Crippen molar-refractivity contribution in [2.75, 3.05) is 11.9 Å². The van der Waals surface area contributed by atoms with Crippen molar-refractivity contribution in [2.45, 2.75) is 77.9 Å². The maximum Gasteiger partial charge on any atom is 0.311 e. The normalized spacial score (nSPS) is 17.5. The summed E-state index contributed by atoms with van der Waals surface area (Å²) in [4.78, 5) is 12.9. The predicted molar refractivity (Wildman–Crippen MR) is 115 cm³/mol. The van der Waals surface area contributed by atoms with Crippen molar-refractivity contribution in [3.05, 3.63) is 29.8 Å². The van der Waals surface area contributed by atoms with Gasteiger partial charge in [-0.1, -0.05) is 44.4 Å². The summed E-state index contributed by atoms with van der Waals surface area (Å²) in [6, 6.07) is 8.03. The molecule has 0 aromatic heterocycles. The topological polar surface area (TPSA) is 64.3 Å². The van der Waals surface area contributed by atoms with Crippen LogP contribution in [0, 0.1) is 11.8 Å². The Morgan fingerprint density at radius 1 is 1.22 bits per heavy atom. The first-order chi connectivity index (χ1) is 12.3. The number of nitrogens with two attached hydrogens (primary N) is 1. The highest BCUT2D eigenvalue weighted by atomic mass is 35.5. The first kappa shape index (κ1) is 23.8. The van der Waals surface area contributed by atoms with Gasteiger partial charge in [-0.05, 0) is 57.6 Å². The SMILES string of the molecule is CCc1ccccc1NC[C@@H](N)C(C(=O)OC(C)(C)C)C1CCCCC1.Cl. The molecule has 0 saturated heterocycles. The van der Waals surface area contributed by atoms with Crippen molar-refractivity contribution in [2.24, 2.45) is 17.6 Å². The molecule has 0 heterocycles. The molecule has 1 aromatic rings. The minimum atomic E-state index is -0.480. The summed E-state index contributed by atoms with van der Waals surface area (Å²) < 4.78 is 5.72. The number of rotatable bonds is 7. The molecule has 2 atom stereocenters. The molecule has 1 aliphatic carbocycles. The monoisotopic (exact) mass is 396 g/mol. The number of nitrogens with one attached hydrogen (secondary N) is 1. The van der Waals surface area contributed by atoms with Gasteiger partial charge in [0.15, 0.2) is 0 Å². The summed E-state index contributed by atoms with van der Waals surface area (Å²) in [5.41, 5.74) is 8.44. The molecule has 0 aliphatic heterocycles. The molecule has 3 N–H and O–H groups in total. The van der Waals surface area contributed by atoms with Crippen LogP contribution in [0.1, 0.15) is 65.4 Å². The zero-order chi connectivity index (χ0) is 19.2. The van der Waals surface area contributed by atoms with Crippen LogP contribution in [0.2, 0.25) is 0 Å². The Balaban J connectivity index is 0.00000364. The van der Waals surface area contributed by atoms with E-state index in [1.807, 2.05) is 26.8 Å². The summed E-state index contributed by atoms with van der Waals surface area (Å²) in [5.74, 6) is -0.0462. The Labute approximate surface area is 171 Å². The largest absolute Gasteiger partial charge is 0.460 e. The maximum absolute atomic E-state index is 12.9. The quantitative estimate of drug-likeness (QED) is 0.640. The molecule has 4 nitrogen and oxygen atoms in total. The standard InChI is InChI=1S/C22H36N2O2.ClH/c1-5-16-11-9-10-14-19(16)24-15-18(23)20(17-12-7-6-8-13-17)21(25)26-22(2,3)4;/h9-11,14,17-18,20,24H,5-8,12-13,15,23H2,1-4H3;1H/t18-,20?;/m1./s1. The minimum absolute atomic E-state index is 0. The number of halogens is 1. The summed E-state index contributed by atoms with van der Waals surface area (Å²) in [5, 5.41) is 3.47. The fourth-order valence-corrected chi connectivity index (χ4v) is 3.94. The van der Waals surface area contributed by atoms with Gasteiger partial charge >= 0.3 is 5.97 Å². The van der Waals surface area contributed by atoms with E-state index >= 15 is 0 Å². The second-order valence-corrected chi connectivity index (χ2v) is 8.51. The van der Waals surface area contributed by atoms with E-state index in [1.54, 1.807) is 0 Å². The Morgan fingerprint density at radius 3 is 2.44 bits per heavy atom. The summed E-state index contributed by atoms with van der Waals surface area (Å²) in [6.07, 6.45) is 6.74. The number of hydrogen-bond acceptors (Lipinski definition) is 4. The smallest absolute Gasteiger partial charge is 0.311 e. The first-order valence-electron chi connectivity index (χ1n) is 10.1. The minimum Gasteiger partial charge on any atom is -0.460 e. The van der Waals surface area contributed by atoms with E-state index in [9.17, 15) is 4.79 Å². The number of carbonyl (C=O) groups is 1. The van der Waals surface area contributed by atoms with Gasteiger partial charge in [0.05, 0.1) is 5.92 Å². The van der Waals surface area contributed by atoms with Crippen LogP contribution < -0.4 is 11.1 Å². The van der Waals surface area contributed by atoms with Crippen LogP contribution in [-0.4, -0.2) is 24.2 Å². The van der Waals surface area contributed by atoms with Crippen LogP contribution >= 0.6 is 12.4 Å². The highest BCUT2D eigenvalue weighted by Gasteiger charge is 2.37. The second kappa shape index (κ2) is 10.9. The Bertz CT molecular complexity index is 580. The molecule has 0 bridgehead atoms. The van der Waals surface area contributed by atoms with Gasteiger partial charge in [0.2, 0.25) is 0 Å². The fourth-order valence-electron chi connectivity index (χ4n) is 3.94. The number of hydrogen-bond donors (Lipinski definition) is 2. The molecule has 0 amide bonds. The van der Waals surface area contributed by atoms with Crippen molar-refractivity contribution < 1.29 is 9.53 Å². The third-order valence-electron chi connectivity index (χ3n) is 5.22. The average molecular weight is 397 g/mol. The van der Waals surface area contributed by atoms with Gasteiger partial charge < -0.3 is 15.8 Å². The number of ether oxygens (including phenoxy) is 1. The summed E-state index contributed by atoms with van der Waals surface area (Å²) in [7, 11) is 0. The first-order valence-corrected chi connectivity index (χ1v) is 10.1. The number of aryl methyl sites for hydroxylation is 1. The van der Waals surface area contributed by atoms with Gasteiger partial charge in [-0.15, -0.1) is 12.4 Å². The van der Waals surface area contributed by atoms with Crippen LogP contribution in [0.3, 0.4) is 0 Å². The molecule has 0 spiro atoms. The van der Waals surface area contributed by atoms with Crippen molar-refractivity contribution in [1.29, 1.82) is 0 Å². The maximum atomic E-state index is 12.9. The summed E-state index contributed by atoms with van der Waals surface area (Å²) in [6.45, 7) is 8.49. The van der Waals surface area contributed by atoms with E-state index < -0.39 is 5.60 Å². The van der Waals surface area contributed by atoms with Gasteiger partial charge in [0.1, 0.15) is 5.60 Å². The van der Waals surface area contributed by atoms with E-state index in [4.69, 9.17) is 10.5 Å². The van der Waals surface area contributed by atoms with Crippen LogP contribution in [0.25, 0.3) is 0 Å². The zero-order valence-electron chi connectivity index (χ0n) is 17.3. The van der Waals surface area contributed by atoms with Crippen molar-refractivity contribution in [3.8, 4) is 0 Å². The Kier molecular flexibility index (Phi) is 9.61. The van der Waals surface area contributed by atoms with Gasteiger partial charge in [0.25, 0.3) is 0 Å². The number of benzene rings is 1. The molecule has 5 heteroatoms. The molecule has 1 saturated carbocycles. The van der Waals surface area contributed by atoms with E-state index in [1.165, 1.54) is 24.8 Å². The van der Waals surface area contributed by atoms with Crippen LogP contribution in [0.4, 0.5) is 5.69 Å². The van der Waals surface area contributed by atoms with Crippen molar-refractivity contribution >= 4 is 24.1 Å². The highest BCUT2D eigenvalue weighted by molar-refractivity contribution is 5.85. The molecule has 0 radical (unpaired) electrons. The van der Waals surface area contributed by atoms with Crippen LogP contribution in [-0.2, 0) is 16.0 Å². The van der Waals surface area contributed by atoms with Gasteiger partial charge in [-0.2, -0.15) is 0 Å². The molecule has 154 valence electrons. The molecule has 1 unspecified atom stereocenters. The third-order valence-corrected chi connectivity index (χ3v) is 5.22. The predicted octanol–water partition coefficient (Wildman–Crippen LogP) is 4.95. The molecule has 2 rings (SSSR count). The lowest BCUT2D eigenvalue weighted by Gasteiger charge is -2.34. The lowest BCUT2D eigenvalue weighted by Crippen LogP contribution is -2.47. The molecule has 1 fully saturated rings. The third kappa shape index (κ3) is 7.34.